The first-order valence-electron chi connectivity index (χ1n) is 16.8. The van der Waals surface area contributed by atoms with Gasteiger partial charge >= 0.3 is 0 Å². The van der Waals surface area contributed by atoms with Crippen LogP contribution in [-0.2, 0) is 19.5 Å². The fraction of sp³-hybridized carbons (Fsp3) is 0. The van der Waals surface area contributed by atoms with Crippen LogP contribution < -0.4 is 0 Å². The maximum atomic E-state index is 4.62. The number of imidazole rings is 1. The maximum Gasteiger partial charge on any atom is 0.0659 e. The molecule has 0 amide bonds. The summed E-state index contributed by atoms with van der Waals surface area (Å²) in [6, 6.07) is 66.4. The molecule has 7 heteroatoms. The van der Waals surface area contributed by atoms with Crippen molar-refractivity contribution >= 4 is 46.4 Å². The van der Waals surface area contributed by atoms with Crippen LogP contribution in [0.5, 0.6) is 0 Å². The van der Waals surface area contributed by atoms with Gasteiger partial charge in [-0.1, -0.05) is 0 Å². The number of hydrogen-bond acceptors (Lipinski definition) is 3. The van der Waals surface area contributed by atoms with Gasteiger partial charge in [-0.3, -0.25) is 0 Å². The third kappa shape index (κ3) is 16.1. The Kier molecular flexibility index (Phi) is 18.2. The Labute approximate surface area is 329 Å². The third-order valence-corrected chi connectivity index (χ3v) is 6.83. The van der Waals surface area contributed by atoms with Crippen LogP contribution in [0.2, 0.25) is 0 Å². The molecule has 0 saturated heterocycles. The summed E-state index contributed by atoms with van der Waals surface area (Å²) in [7, 11) is 0. The molecule has 2 aliphatic heterocycles. The Balaban J connectivity index is 0.000000175. The zero-order chi connectivity index (χ0) is 36.4. The molecule has 8 bridgehead atoms. The molecule has 4 aromatic carbocycles. The minimum Gasteiger partial charge on any atom is -0.467 e. The van der Waals surface area contributed by atoms with Crippen molar-refractivity contribution < 1.29 is 19.5 Å². The smallest absolute Gasteiger partial charge is 0.0659 e. The van der Waals surface area contributed by atoms with E-state index < -0.39 is 0 Å². The Morgan fingerprint density at radius 2 is 0.722 bits per heavy atom. The first-order valence-corrected chi connectivity index (χ1v) is 16.8. The quantitative estimate of drug-likeness (QED) is 0.107. The van der Waals surface area contributed by atoms with E-state index in [-0.39, 0.29) is 19.5 Å². The normalized spacial score (nSPS) is 9.93. The van der Waals surface area contributed by atoms with Gasteiger partial charge in [-0.05, 0) is 79.2 Å². The van der Waals surface area contributed by atoms with E-state index in [1.165, 1.54) is 0 Å². The van der Waals surface area contributed by atoms with Crippen LogP contribution in [0.1, 0.15) is 22.8 Å². The SMILES string of the molecule is C1=Cc2cc3ccc(cc4ccc(cc5nc(cc1n2)C=C5)[nH]4)[nH]3.[Zn].[c-]1ccccc1.[c-]1ccccc1.[c-]1ccccc1.[c-]1ccccc1.[c-]1ncc[nH]1. The second kappa shape index (κ2) is 24.5. The van der Waals surface area contributed by atoms with Crippen LogP contribution in [-0.4, -0.2) is 29.9 Å². The number of hydrogen-bond donors (Lipinski definition) is 3. The summed E-state index contributed by atoms with van der Waals surface area (Å²) in [4.78, 5) is 22.2. The van der Waals surface area contributed by atoms with E-state index >= 15 is 0 Å². The largest absolute Gasteiger partial charge is 0.467 e. The summed E-state index contributed by atoms with van der Waals surface area (Å²) in [5.74, 6) is 0. The molecule has 262 valence electrons. The van der Waals surface area contributed by atoms with Gasteiger partial charge in [0, 0.05) is 41.5 Å². The summed E-state index contributed by atoms with van der Waals surface area (Å²) in [6.07, 6.45) is 13.9. The predicted molar refractivity (Wildman–Crippen MR) is 217 cm³/mol. The molecule has 0 aliphatic carbocycles. The Bertz CT molecular complexity index is 2000. The van der Waals surface area contributed by atoms with E-state index in [1.54, 1.807) is 12.4 Å². The third-order valence-electron chi connectivity index (χ3n) is 6.83. The van der Waals surface area contributed by atoms with Gasteiger partial charge in [-0.15, -0.1) is 12.4 Å². The van der Waals surface area contributed by atoms with Gasteiger partial charge in [0.15, 0.2) is 0 Å². The zero-order valence-corrected chi connectivity index (χ0v) is 32.6. The Hall–Kier alpha value is -6.69. The van der Waals surface area contributed by atoms with Crippen molar-refractivity contribution in [3.8, 4) is 0 Å². The molecule has 4 aromatic heterocycles. The molecule has 2 aliphatic rings. The second-order valence-electron chi connectivity index (χ2n) is 10.9. The number of benzene rings is 4. The number of fused-ring (bicyclic) bond motifs is 8. The number of rotatable bonds is 0. The number of nitrogens with one attached hydrogen (secondary N) is 3. The van der Waals surface area contributed by atoms with Crippen molar-refractivity contribution in [1.82, 2.24) is 29.9 Å². The molecule has 0 unspecified atom stereocenters. The monoisotopic (exact) mass is 749 g/mol. The minimum atomic E-state index is 0. The van der Waals surface area contributed by atoms with Crippen LogP contribution in [0.3, 0.4) is 0 Å². The fourth-order valence-electron chi connectivity index (χ4n) is 4.50. The predicted octanol–water partition coefficient (Wildman–Crippen LogP) is 10.8. The number of aromatic nitrogens is 6. The minimum absolute atomic E-state index is 0. The molecule has 0 saturated carbocycles. The van der Waals surface area contributed by atoms with Crippen molar-refractivity contribution in [2.24, 2.45) is 0 Å². The van der Waals surface area contributed by atoms with Crippen molar-refractivity contribution in [1.29, 1.82) is 0 Å². The zero-order valence-electron chi connectivity index (χ0n) is 29.7. The van der Waals surface area contributed by atoms with Gasteiger partial charge < -0.3 is 19.9 Å². The Morgan fingerprint density at radius 3 is 0.963 bits per heavy atom. The first-order chi connectivity index (χ1) is 26.3. The standard InChI is InChI=1S/C20H14N4.4C6H5.C3H3N2.Zn/c1-2-14-10-16-5-6-18(23-16)12-20-8-7-19(24-20)11-17-4-3-15(22-17)9-13(1)21-14;4*1-2-4-6-5-3-1;1-2-5-3-4-1;/h1-12,21-22H;4*1-5H;1-2H,(H,4,5);/q;5*-1;. The molecule has 0 atom stereocenters. The summed E-state index contributed by atoms with van der Waals surface area (Å²) in [5, 5.41) is 0. The average Bonchev–Trinajstić information content (AvgIpc) is 4.11. The van der Waals surface area contributed by atoms with Crippen LogP contribution in [0.25, 0.3) is 46.4 Å². The molecule has 0 fully saturated rings. The molecular weight excluding hydrogens is 714 g/mol. The van der Waals surface area contributed by atoms with Gasteiger partial charge in [0.2, 0.25) is 0 Å². The van der Waals surface area contributed by atoms with Gasteiger partial charge in [0.1, 0.15) is 0 Å². The molecule has 54 heavy (non-hydrogen) atoms. The van der Waals surface area contributed by atoms with Gasteiger partial charge in [0.25, 0.3) is 0 Å². The van der Waals surface area contributed by atoms with Gasteiger partial charge in [0.05, 0.1) is 22.8 Å². The van der Waals surface area contributed by atoms with Crippen LogP contribution in [0, 0.1) is 30.6 Å². The average molecular weight is 751 g/mol. The molecule has 0 radical (unpaired) electrons. The molecule has 3 N–H and O–H groups in total. The molecule has 0 spiro atoms. The molecule has 8 aromatic rings. The van der Waals surface area contributed by atoms with Crippen molar-refractivity contribution in [3.63, 3.8) is 0 Å². The summed E-state index contributed by atoms with van der Waals surface area (Å²) in [5.41, 5.74) is 7.86. The molecule has 6 heterocycles. The topological polar surface area (TPSA) is 86.0 Å². The second-order valence-corrected chi connectivity index (χ2v) is 10.9. The van der Waals surface area contributed by atoms with Gasteiger partial charge in [-0.25, -0.2) is 9.97 Å². The summed E-state index contributed by atoms with van der Waals surface area (Å²) >= 11 is 0. The first kappa shape index (κ1) is 40.1. The summed E-state index contributed by atoms with van der Waals surface area (Å²) in [6.45, 7) is 0. The number of nitrogens with zero attached hydrogens (tertiary/aromatic N) is 3. The van der Waals surface area contributed by atoms with Crippen LogP contribution in [0.15, 0.2) is 182 Å². The van der Waals surface area contributed by atoms with E-state index in [1.807, 2.05) is 164 Å². The van der Waals surface area contributed by atoms with E-state index in [9.17, 15) is 0 Å². The van der Waals surface area contributed by atoms with Gasteiger partial charge in [-0.2, -0.15) is 146 Å². The van der Waals surface area contributed by atoms with E-state index in [4.69, 9.17) is 0 Å². The molecule has 10 rings (SSSR count). The fourth-order valence-corrected chi connectivity index (χ4v) is 4.50. The molecular formula is C47H37N6Zn-5. The van der Waals surface area contributed by atoms with E-state index in [2.05, 4.69) is 90.8 Å². The molecule has 6 nitrogen and oxygen atoms in total. The Morgan fingerprint density at radius 1 is 0.389 bits per heavy atom. The number of aromatic amines is 3. The van der Waals surface area contributed by atoms with Crippen molar-refractivity contribution in [2.45, 2.75) is 0 Å². The van der Waals surface area contributed by atoms with E-state index in [0.29, 0.717) is 0 Å². The number of H-pyrrole nitrogens is 3. The van der Waals surface area contributed by atoms with Crippen molar-refractivity contribution in [2.75, 3.05) is 0 Å². The van der Waals surface area contributed by atoms with E-state index in [0.717, 1.165) is 44.8 Å². The van der Waals surface area contributed by atoms with Crippen LogP contribution >= 0.6 is 0 Å². The maximum absolute atomic E-state index is 4.62. The van der Waals surface area contributed by atoms with Crippen LogP contribution in [0.4, 0.5) is 0 Å². The summed E-state index contributed by atoms with van der Waals surface area (Å²) < 4.78 is 0. The van der Waals surface area contributed by atoms with Crippen molar-refractivity contribution in [3.05, 3.63) is 236 Å².